The Bertz CT molecular complexity index is 708. The number of aromatic nitrogens is 1. The van der Waals surface area contributed by atoms with E-state index >= 15 is 0 Å². The highest BCUT2D eigenvalue weighted by atomic mass is 16.5. The molecule has 1 fully saturated rings. The van der Waals surface area contributed by atoms with E-state index < -0.39 is 0 Å². The van der Waals surface area contributed by atoms with Gasteiger partial charge in [-0.25, -0.2) is 0 Å². The lowest BCUT2D eigenvalue weighted by Crippen LogP contribution is -2.35. The fourth-order valence-corrected chi connectivity index (χ4v) is 3.15. The molecule has 1 aliphatic heterocycles. The van der Waals surface area contributed by atoms with Gasteiger partial charge >= 0.3 is 0 Å². The molecule has 2 heterocycles. The molecular weight excluding hydrogens is 300 g/mol. The summed E-state index contributed by atoms with van der Waals surface area (Å²) in [6.45, 7) is 3.69. The molecule has 1 aromatic carbocycles. The van der Waals surface area contributed by atoms with Crippen LogP contribution in [0.1, 0.15) is 48.2 Å². The van der Waals surface area contributed by atoms with Crippen molar-refractivity contribution in [3.05, 3.63) is 53.7 Å². The Kier molecular flexibility index (Phi) is 5.26. The van der Waals surface area contributed by atoms with E-state index in [4.69, 9.17) is 4.74 Å². The summed E-state index contributed by atoms with van der Waals surface area (Å²) in [6.07, 6.45) is 5.13. The van der Waals surface area contributed by atoms with E-state index in [2.05, 4.69) is 11.1 Å². The Balaban J connectivity index is 1.96. The van der Waals surface area contributed by atoms with Crippen molar-refractivity contribution in [1.82, 2.24) is 9.88 Å². The maximum atomic E-state index is 12.9. The van der Waals surface area contributed by atoms with Gasteiger partial charge in [0.25, 0.3) is 5.91 Å². The minimum absolute atomic E-state index is 0.00917. The SMILES string of the molecule is CO[C@@H](C)c1cccc(-c2ncccc2C(=O)N2CCCCC2)c1. The first-order valence-corrected chi connectivity index (χ1v) is 8.58. The van der Waals surface area contributed by atoms with Crippen LogP contribution in [0.3, 0.4) is 0 Å². The molecule has 4 heteroatoms. The normalized spacial score (nSPS) is 16.0. The lowest BCUT2D eigenvalue weighted by Gasteiger charge is -2.27. The van der Waals surface area contributed by atoms with Gasteiger partial charge in [-0.05, 0) is 49.9 Å². The third kappa shape index (κ3) is 3.49. The highest BCUT2D eigenvalue weighted by molar-refractivity contribution is 5.99. The average Bonchev–Trinajstić information content (AvgIpc) is 2.67. The van der Waals surface area contributed by atoms with Crippen molar-refractivity contribution in [2.24, 2.45) is 0 Å². The number of likely N-dealkylation sites (tertiary alicyclic amines) is 1. The van der Waals surface area contributed by atoms with Crippen LogP contribution >= 0.6 is 0 Å². The summed E-state index contributed by atoms with van der Waals surface area (Å²) in [4.78, 5) is 19.4. The van der Waals surface area contributed by atoms with E-state index in [9.17, 15) is 4.79 Å². The minimum Gasteiger partial charge on any atom is -0.377 e. The summed E-state index contributed by atoms with van der Waals surface area (Å²) >= 11 is 0. The van der Waals surface area contributed by atoms with Crippen molar-refractivity contribution in [1.29, 1.82) is 0 Å². The second-order valence-corrected chi connectivity index (χ2v) is 6.26. The predicted molar refractivity (Wildman–Crippen MR) is 94.9 cm³/mol. The molecule has 0 unspecified atom stereocenters. The van der Waals surface area contributed by atoms with Gasteiger partial charge in [-0.3, -0.25) is 9.78 Å². The van der Waals surface area contributed by atoms with Crippen LogP contribution in [0.25, 0.3) is 11.3 Å². The fraction of sp³-hybridized carbons (Fsp3) is 0.400. The highest BCUT2D eigenvalue weighted by Gasteiger charge is 2.22. The molecule has 126 valence electrons. The average molecular weight is 324 g/mol. The summed E-state index contributed by atoms with van der Waals surface area (Å²) in [6, 6.07) is 11.8. The topological polar surface area (TPSA) is 42.4 Å². The van der Waals surface area contributed by atoms with Gasteiger partial charge in [0.1, 0.15) is 0 Å². The van der Waals surface area contributed by atoms with Gasteiger partial charge in [0.05, 0.1) is 17.4 Å². The number of ether oxygens (including phenoxy) is 1. The molecule has 1 aliphatic rings. The maximum Gasteiger partial charge on any atom is 0.256 e. The van der Waals surface area contributed by atoms with Crippen molar-refractivity contribution in [3.63, 3.8) is 0 Å². The van der Waals surface area contributed by atoms with E-state index in [1.807, 2.05) is 42.2 Å². The van der Waals surface area contributed by atoms with Crippen LogP contribution in [0.15, 0.2) is 42.6 Å². The third-order valence-electron chi connectivity index (χ3n) is 4.66. The van der Waals surface area contributed by atoms with Crippen LogP contribution in [-0.4, -0.2) is 36.0 Å². The van der Waals surface area contributed by atoms with E-state index in [-0.39, 0.29) is 12.0 Å². The van der Waals surface area contributed by atoms with E-state index in [0.29, 0.717) is 5.56 Å². The van der Waals surface area contributed by atoms with E-state index in [1.165, 1.54) is 6.42 Å². The van der Waals surface area contributed by atoms with Gasteiger partial charge < -0.3 is 9.64 Å². The number of pyridine rings is 1. The van der Waals surface area contributed by atoms with Gasteiger partial charge in [-0.2, -0.15) is 0 Å². The van der Waals surface area contributed by atoms with Crippen molar-refractivity contribution in [2.45, 2.75) is 32.3 Å². The van der Waals surface area contributed by atoms with Crippen molar-refractivity contribution < 1.29 is 9.53 Å². The molecule has 2 aromatic rings. The number of piperidine rings is 1. The lowest BCUT2D eigenvalue weighted by molar-refractivity contribution is 0.0725. The van der Waals surface area contributed by atoms with Crippen LogP contribution in [0.2, 0.25) is 0 Å². The second kappa shape index (κ2) is 7.58. The number of rotatable bonds is 4. The minimum atomic E-state index is 0.00917. The maximum absolute atomic E-state index is 12.9. The van der Waals surface area contributed by atoms with Crippen molar-refractivity contribution in [3.8, 4) is 11.3 Å². The van der Waals surface area contributed by atoms with Gasteiger partial charge in [0.15, 0.2) is 0 Å². The number of carbonyl (C=O) groups excluding carboxylic acids is 1. The third-order valence-corrected chi connectivity index (χ3v) is 4.66. The van der Waals surface area contributed by atoms with Gasteiger partial charge in [0.2, 0.25) is 0 Å². The highest BCUT2D eigenvalue weighted by Crippen LogP contribution is 2.27. The molecule has 0 saturated carbocycles. The molecule has 24 heavy (non-hydrogen) atoms. The number of hydrogen-bond donors (Lipinski definition) is 0. The molecule has 0 aliphatic carbocycles. The molecule has 0 radical (unpaired) electrons. The van der Waals surface area contributed by atoms with E-state index in [1.54, 1.807) is 13.3 Å². The molecule has 4 nitrogen and oxygen atoms in total. The smallest absolute Gasteiger partial charge is 0.256 e. The largest absolute Gasteiger partial charge is 0.377 e. The second-order valence-electron chi connectivity index (χ2n) is 6.26. The van der Waals surface area contributed by atoms with Gasteiger partial charge in [-0.1, -0.05) is 18.2 Å². The molecule has 0 spiro atoms. The Labute approximate surface area is 143 Å². The molecule has 1 saturated heterocycles. The van der Waals surface area contributed by atoms with Gasteiger partial charge in [0, 0.05) is 32.0 Å². The predicted octanol–water partition coefficient (Wildman–Crippen LogP) is 4.08. The first-order valence-electron chi connectivity index (χ1n) is 8.58. The standard InChI is InChI=1S/C20H24N2O2/c1-15(24-2)16-8-6-9-17(14-16)19-18(10-7-11-21-19)20(23)22-12-4-3-5-13-22/h6-11,14-15H,3-5,12-13H2,1-2H3/t15-/m0/s1. The van der Waals surface area contributed by atoms with Crippen LogP contribution in [0, 0.1) is 0 Å². The lowest BCUT2D eigenvalue weighted by atomic mass is 10.00. The first kappa shape index (κ1) is 16.7. The van der Waals surface area contributed by atoms with Crippen LogP contribution in [0.4, 0.5) is 0 Å². The number of benzene rings is 1. The molecule has 0 N–H and O–H groups in total. The number of methoxy groups -OCH3 is 1. The summed E-state index contributed by atoms with van der Waals surface area (Å²) in [5.74, 6) is 0.0861. The molecule has 0 bridgehead atoms. The van der Waals surface area contributed by atoms with Crippen molar-refractivity contribution in [2.75, 3.05) is 20.2 Å². The zero-order valence-corrected chi connectivity index (χ0v) is 14.4. The Morgan fingerprint density at radius 1 is 1.17 bits per heavy atom. The zero-order valence-electron chi connectivity index (χ0n) is 14.4. The first-order chi connectivity index (χ1) is 11.7. The number of carbonyl (C=O) groups is 1. The van der Waals surface area contributed by atoms with Crippen LogP contribution < -0.4 is 0 Å². The van der Waals surface area contributed by atoms with Crippen molar-refractivity contribution >= 4 is 5.91 Å². The quantitative estimate of drug-likeness (QED) is 0.851. The Morgan fingerprint density at radius 3 is 2.71 bits per heavy atom. The molecule has 3 rings (SSSR count). The van der Waals surface area contributed by atoms with Crippen LogP contribution in [-0.2, 0) is 4.74 Å². The number of amides is 1. The summed E-state index contributed by atoms with van der Waals surface area (Å²) in [7, 11) is 1.70. The Hall–Kier alpha value is -2.20. The summed E-state index contributed by atoms with van der Waals surface area (Å²) in [5, 5.41) is 0. The zero-order chi connectivity index (χ0) is 16.9. The summed E-state index contributed by atoms with van der Waals surface area (Å²) in [5.41, 5.74) is 3.47. The molecule has 1 atom stereocenters. The fourth-order valence-electron chi connectivity index (χ4n) is 3.15. The molecule has 1 aromatic heterocycles. The molecular formula is C20H24N2O2. The summed E-state index contributed by atoms with van der Waals surface area (Å²) < 4.78 is 5.40. The molecule has 1 amide bonds. The Morgan fingerprint density at radius 2 is 1.96 bits per heavy atom. The number of nitrogens with zero attached hydrogens (tertiary/aromatic N) is 2. The van der Waals surface area contributed by atoms with Gasteiger partial charge in [-0.15, -0.1) is 0 Å². The van der Waals surface area contributed by atoms with Crippen LogP contribution in [0.5, 0.6) is 0 Å². The van der Waals surface area contributed by atoms with E-state index in [0.717, 1.165) is 42.8 Å². The number of hydrogen-bond acceptors (Lipinski definition) is 3. The monoisotopic (exact) mass is 324 g/mol.